The molecule has 2 N–H and O–H groups in total. The van der Waals surface area contributed by atoms with Gasteiger partial charge in [-0.2, -0.15) is 0 Å². The molecule has 0 saturated carbocycles. The molecular weight excluding hydrogens is 216 g/mol. The van der Waals surface area contributed by atoms with Crippen LogP contribution in [0.1, 0.15) is 39.0 Å². The summed E-state index contributed by atoms with van der Waals surface area (Å²) in [4.78, 5) is 12.8. The molecule has 0 amide bonds. The molecule has 1 aliphatic heterocycles. The second-order valence-corrected chi connectivity index (χ2v) is 5.32. The Balaban J connectivity index is 2.01. The standard InChI is InChI=1S/C13H26N2O2/c1-11(3-4-13(16)17)14-8-5-12-6-9-15(2)10-7-12/h11-12,14H,3-10H2,1-2H3,(H,16,17). The van der Waals surface area contributed by atoms with E-state index >= 15 is 0 Å². The minimum Gasteiger partial charge on any atom is -0.481 e. The third kappa shape index (κ3) is 6.64. The van der Waals surface area contributed by atoms with Gasteiger partial charge in [0.1, 0.15) is 0 Å². The Labute approximate surface area is 104 Å². The van der Waals surface area contributed by atoms with Crippen LogP contribution in [0.15, 0.2) is 0 Å². The fourth-order valence-corrected chi connectivity index (χ4v) is 2.33. The molecule has 0 aliphatic carbocycles. The smallest absolute Gasteiger partial charge is 0.303 e. The van der Waals surface area contributed by atoms with Gasteiger partial charge in [0.25, 0.3) is 0 Å². The van der Waals surface area contributed by atoms with E-state index in [-0.39, 0.29) is 6.42 Å². The van der Waals surface area contributed by atoms with Gasteiger partial charge in [0.2, 0.25) is 0 Å². The molecule has 0 bridgehead atoms. The molecule has 1 unspecified atom stereocenters. The van der Waals surface area contributed by atoms with Crippen molar-refractivity contribution in [1.29, 1.82) is 0 Å². The Morgan fingerprint density at radius 1 is 1.47 bits per heavy atom. The Hall–Kier alpha value is -0.610. The van der Waals surface area contributed by atoms with Crippen LogP contribution in [-0.4, -0.2) is 48.7 Å². The second kappa shape index (κ2) is 7.67. The number of carboxylic acids is 1. The van der Waals surface area contributed by atoms with E-state index in [1.54, 1.807) is 0 Å². The van der Waals surface area contributed by atoms with Crippen molar-refractivity contribution in [3.05, 3.63) is 0 Å². The van der Waals surface area contributed by atoms with Crippen LogP contribution in [0.3, 0.4) is 0 Å². The highest BCUT2D eigenvalue weighted by Gasteiger charge is 2.16. The first-order valence-corrected chi connectivity index (χ1v) is 6.71. The molecular formula is C13H26N2O2. The summed E-state index contributed by atoms with van der Waals surface area (Å²) in [5, 5.41) is 12.0. The molecule has 0 aromatic carbocycles. The number of hydrogen-bond acceptors (Lipinski definition) is 3. The first-order chi connectivity index (χ1) is 8.08. The molecule has 0 aromatic rings. The van der Waals surface area contributed by atoms with E-state index < -0.39 is 5.97 Å². The maximum Gasteiger partial charge on any atom is 0.303 e. The van der Waals surface area contributed by atoms with Gasteiger partial charge in [-0.25, -0.2) is 0 Å². The molecule has 1 atom stereocenters. The van der Waals surface area contributed by atoms with Gasteiger partial charge in [0.05, 0.1) is 0 Å². The van der Waals surface area contributed by atoms with Crippen LogP contribution in [-0.2, 0) is 4.79 Å². The van der Waals surface area contributed by atoms with Gasteiger partial charge in [-0.1, -0.05) is 0 Å². The summed E-state index contributed by atoms with van der Waals surface area (Å²) in [5.74, 6) is 0.152. The predicted molar refractivity (Wildman–Crippen MR) is 69.2 cm³/mol. The molecule has 1 rings (SSSR count). The van der Waals surface area contributed by atoms with Crippen LogP contribution in [0.25, 0.3) is 0 Å². The number of carboxylic acid groups (broad SMARTS) is 1. The van der Waals surface area contributed by atoms with Crippen molar-refractivity contribution in [2.24, 2.45) is 5.92 Å². The van der Waals surface area contributed by atoms with Crippen molar-refractivity contribution < 1.29 is 9.90 Å². The maximum absolute atomic E-state index is 10.4. The number of piperidine rings is 1. The van der Waals surface area contributed by atoms with Crippen molar-refractivity contribution in [1.82, 2.24) is 10.2 Å². The van der Waals surface area contributed by atoms with Crippen LogP contribution in [0.4, 0.5) is 0 Å². The third-order valence-corrected chi connectivity index (χ3v) is 3.67. The van der Waals surface area contributed by atoms with Crippen LogP contribution < -0.4 is 5.32 Å². The summed E-state index contributed by atoms with van der Waals surface area (Å²) in [6, 6.07) is 0.317. The van der Waals surface area contributed by atoms with Crippen molar-refractivity contribution >= 4 is 5.97 Å². The first-order valence-electron chi connectivity index (χ1n) is 6.71. The van der Waals surface area contributed by atoms with Crippen molar-refractivity contribution in [2.75, 3.05) is 26.7 Å². The van der Waals surface area contributed by atoms with Crippen LogP contribution in [0, 0.1) is 5.92 Å². The lowest BCUT2D eigenvalue weighted by Gasteiger charge is -2.29. The topological polar surface area (TPSA) is 52.6 Å². The zero-order valence-electron chi connectivity index (χ0n) is 11.1. The lowest BCUT2D eigenvalue weighted by Crippen LogP contribution is -2.33. The SMILES string of the molecule is CC(CCC(=O)O)NCCC1CCN(C)CC1. The first kappa shape index (κ1) is 14.5. The molecule has 4 heteroatoms. The van der Waals surface area contributed by atoms with Crippen LogP contribution in [0.5, 0.6) is 0 Å². The molecule has 1 fully saturated rings. The minimum atomic E-state index is -0.700. The third-order valence-electron chi connectivity index (χ3n) is 3.67. The zero-order valence-corrected chi connectivity index (χ0v) is 11.1. The Kier molecular flexibility index (Phi) is 6.52. The maximum atomic E-state index is 10.4. The van der Waals surface area contributed by atoms with Gasteiger partial charge >= 0.3 is 5.97 Å². The van der Waals surface area contributed by atoms with Crippen molar-refractivity contribution in [3.8, 4) is 0 Å². The summed E-state index contributed by atoms with van der Waals surface area (Å²) in [5.41, 5.74) is 0. The normalized spacial score (nSPS) is 20.4. The Morgan fingerprint density at radius 3 is 2.71 bits per heavy atom. The summed E-state index contributed by atoms with van der Waals surface area (Å²) in [7, 11) is 2.18. The quantitative estimate of drug-likeness (QED) is 0.711. The van der Waals surface area contributed by atoms with Crippen molar-refractivity contribution in [2.45, 2.75) is 45.1 Å². The van der Waals surface area contributed by atoms with E-state index in [0.29, 0.717) is 6.04 Å². The fraction of sp³-hybridized carbons (Fsp3) is 0.923. The molecule has 1 heterocycles. The lowest BCUT2D eigenvalue weighted by molar-refractivity contribution is -0.137. The lowest BCUT2D eigenvalue weighted by atomic mass is 9.94. The van der Waals surface area contributed by atoms with Gasteiger partial charge in [0.15, 0.2) is 0 Å². The Bertz CT molecular complexity index is 225. The number of likely N-dealkylation sites (tertiary alicyclic amines) is 1. The molecule has 0 spiro atoms. The van der Waals surface area contributed by atoms with E-state index in [4.69, 9.17) is 5.11 Å². The average Bonchev–Trinajstić information content (AvgIpc) is 2.29. The number of carbonyl (C=O) groups is 1. The number of rotatable bonds is 7. The number of hydrogen-bond donors (Lipinski definition) is 2. The Morgan fingerprint density at radius 2 is 2.12 bits per heavy atom. The van der Waals surface area contributed by atoms with E-state index in [1.807, 2.05) is 0 Å². The van der Waals surface area contributed by atoms with Gasteiger partial charge in [-0.3, -0.25) is 4.79 Å². The zero-order chi connectivity index (χ0) is 12.7. The highest BCUT2D eigenvalue weighted by atomic mass is 16.4. The van der Waals surface area contributed by atoms with Crippen molar-refractivity contribution in [3.63, 3.8) is 0 Å². The predicted octanol–water partition coefficient (Wildman–Crippen LogP) is 1.56. The molecule has 1 aliphatic rings. The second-order valence-electron chi connectivity index (χ2n) is 5.32. The van der Waals surface area contributed by atoms with Crippen LogP contribution >= 0.6 is 0 Å². The number of nitrogens with one attached hydrogen (secondary N) is 1. The van der Waals surface area contributed by atoms with Gasteiger partial charge in [0, 0.05) is 12.5 Å². The molecule has 0 aromatic heterocycles. The molecule has 100 valence electrons. The average molecular weight is 242 g/mol. The van der Waals surface area contributed by atoms with Gasteiger partial charge in [-0.15, -0.1) is 0 Å². The molecule has 1 saturated heterocycles. The van der Waals surface area contributed by atoms with Gasteiger partial charge in [-0.05, 0) is 65.2 Å². The summed E-state index contributed by atoms with van der Waals surface area (Å²) >= 11 is 0. The summed E-state index contributed by atoms with van der Waals surface area (Å²) < 4.78 is 0. The van der Waals surface area contributed by atoms with Gasteiger partial charge < -0.3 is 15.3 Å². The monoisotopic (exact) mass is 242 g/mol. The minimum absolute atomic E-state index is 0.266. The fourth-order valence-electron chi connectivity index (χ4n) is 2.33. The highest BCUT2D eigenvalue weighted by Crippen LogP contribution is 2.18. The van der Waals surface area contributed by atoms with E-state index in [2.05, 4.69) is 24.2 Å². The molecule has 0 radical (unpaired) electrons. The highest BCUT2D eigenvalue weighted by molar-refractivity contribution is 5.66. The van der Waals surface area contributed by atoms with E-state index in [9.17, 15) is 4.79 Å². The number of nitrogens with zero attached hydrogens (tertiary/aromatic N) is 1. The largest absolute Gasteiger partial charge is 0.481 e. The van der Waals surface area contributed by atoms with E-state index in [1.165, 1.54) is 32.4 Å². The number of aliphatic carboxylic acids is 1. The van der Waals surface area contributed by atoms with Crippen LogP contribution in [0.2, 0.25) is 0 Å². The molecule has 4 nitrogen and oxygen atoms in total. The summed E-state index contributed by atoms with van der Waals surface area (Å²) in [6.07, 6.45) is 4.83. The summed E-state index contributed by atoms with van der Waals surface area (Å²) in [6.45, 7) is 5.53. The van der Waals surface area contributed by atoms with E-state index in [0.717, 1.165) is 18.9 Å². The molecule has 17 heavy (non-hydrogen) atoms.